The molecule has 1 atom stereocenters. The smallest absolute Gasteiger partial charge is 0.404 e. The zero-order valence-electron chi connectivity index (χ0n) is 10.6. The summed E-state index contributed by atoms with van der Waals surface area (Å²) in [5, 5.41) is 2.50. The second kappa shape index (κ2) is 5.98. The monoisotopic (exact) mass is 285 g/mol. The molecule has 1 aliphatic carbocycles. The molecule has 3 nitrogen and oxygen atoms in total. The van der Waals surface area contributed by atoms with E-state index in [9.17, 15) is 18.0 Å². The van der Waals surface area contributed by atoms with E-state index in [1.807, 2.05) is 12.2 Å². The highest BCUT2D eigenvalue weighted by Gasteiger charge is 2.32. The summed E-state index contributed by atoms with van der Waals surface area (Å²) in [7, 11) is 0. The van der Waals surface area contributed by atoms with Gasteiger partial charge in [0.25, 0.3) is 0 Å². The first-order valence-electron chi connectivity index (χ1n) is 6.26. The van der Waals surface area contributed by atoms with E-state index in [0.29, 0.717) is 12.8 Å². The number of rotatable bonds is 3. The Bertz CT molecular complexity index is 511. The average Bonchev–Trinajstić information content (AvgIpc) is 2.40. The minimum absolute atomic E-state index is 0.0318. The lowest BCUT2D eigenvalue weighted by Crippen LogP contribution is -2.24. The van der Waals surface area contributed by atoms with Crippen LogP contribution in [-0.2, 0) is 4.79 Å². The summed E-state index contributed by atoms with van der Waals surface area (Å²) in [6.45, 7) is 0. The van der Waals surface area contributed by atoms with Crippen LogP contribution in [0.3, 0.4) is 0 Å². The van der Waals surface area contributed by atoms with Crippen LogP contribution in [0.5, 0.6) is 5.75 Å². The normalized spacial score (nSPS) is 18.6. The van der Waals surface area contributed by atoms with E-state index >= 15 is 0 Å². The molecule has 0 radical (unpaired) electrons. The number of hydrogen-bond acceptors (Lipinski definition) is 2. The van der Waals surface area contributed by atoms with E-state index in [-0.39, 0.29) is 17.5 Å². The predicted molar refractivity (Wildman–Crippen MR) is 68.2 cm³/mol. The van der Waals surface area contributed by atoms with Gasteiger partial charge in [0.05, 0.1) is 5.69 Å². The molecule has 0 aliphatic heterocycles. The van der Waals surface area contributed by atoms with Gasteiger partial charge in [-0.3, -0.25) is 4.79 Å². The topological polar surface area (TPSA) is 38.3 Å². The van der Waals surface area contributed by atoms with Crippen molar-refractivity contribution in [2.24, 2.45) is 5.92 Å². The SMILES string of the molecule is O=C(Nc1ccccc1OC(F)(F)F)[C@H]1CC=CCC1. The molecule has 1 aromatic rings. The van der Waals surface area contributed by atoms with Crippen LogP contribution in [0.1, 0.15) is 19.3 Å². The van der Waals surface area contributed by atoms with Gasteiger partial charge >= 0.3 is 6.36 Å². The number of anilines is 1. The molecule has 108 valence electrons. The van der Waals surface area contributed by atoms with Crippen molar-refractivity contribution in [2.75, 3.05) is 5.32 Å². The molecule has 1 amide bonds. The number of nitrogens with one attached hydrogen (secondary N) is 1. The van der Waals surface area contributed by atoms with Gasteiger partial charge in [-0.05, 0) is 31.4 Å². The van der Waals surface area contributed by atoms with E-state index in [4.69, 9.17) is 0 Å². The van der Waals surface area contributed by atoms with Gasteiger partial charge in [-0.1, -0.05) is 24.3 Å². The molecular weight excluding hydrogens is 271 g/mol. The summed E-state index contributed by atoms with van der Waals surface area (Å²) in [6, 6.07) is 5.52. The van der Waals surface area contributed by atoms with Crippen molar-refractivity contribution in [3.05, 3.63) is 36.4 Å². The third kappa shape index (κ3) is 4.01. The molecule has 1 aliphatic rings. The van der Waals surface area contributed by atoms with Crippen molar-refractivity contribution in [1.82, 2.24) is 0 Å². The van der Waals surface area contributed by atoms with Crippen molar-refractivity contribution < 1.29 is 22.7 Å². The summed E-state index contributed by atoms with van der Waals surface area (Å²) in [6.07, 6.45) is 1.22. The Morgan fingerprint density at radius 1 is 1.25 bits per heavy atom. The average molecular weight is 285 g/mol. The number of carbonyl (C=O) groups excluding carboxylic acids is 1. The fourth-order valence-electron chi connectivity index (χ4n) is 2.05. The summed E-state index contributed by atoms with van der Waals surface area (Å²) < 4.78 is 40.7. The van der Waals surface area contributed by atoms with E-state index in [1.54, 1.807) is 6.07 Å². The van der Waals surface area contributed by atoms with Gasteiger partial charge in [-0.2, -0.15) is 0 Å². The largest absolute Gasteiger partial charge is 0.573 e. The first-order valence-corrected chi connectivity index (χ1v) is 6.26. The van der Waals surface area contributed by atoms with Crippen LogP contribution in [-0.4, -0.2) is 12.3 Å². The summed E-state index contributed by atoms with van der Waals surface area (Å²) in [5.74, 6) is -0.897. The molecule has 0 bridgehead atoms. The number of benzene rings is 1. The minimum atomic E-state index is -4.78. The lowest BCUT2D eigenvalue weighted by Gasteiger charge is -2.19. The Kier molecular flexibility index (Phi) is 4.32. The van der Waals surface area contributed by atoms with Gasteiger partial charge in [0.2, 0.25) is 5.91 Å². The minimum Gasteiger partial charge on any atom is -0.404 e. The molecule has 0 unspecified atom stereocenters. The van der Waals surface area contributed by atoms with Crippen LogP contribution >= 0.6 is 0 Å². The zero-order chi connectivity index (χ0) is 14.6. The second-order valence-corrected chi connectivity index (χ2v) is 4.51. The molecule has 2 rings (SSSR count). The van der Waals surface area contributed by atoms with Gasteiger partial charge in [0, 0.05) is 5.92 Å². The maximum atomic E-state index is 12.3. The number of halogens is 3. The first-order chi connectivity index (χ1) is 9.46. The Hall–Kier alpha value is -1.98. The highest BCUT2D eigenvalue weighted by molar-refractivity contribution is 5.94. The van der Waals surface area contributed by atoms with Gasteiger partial charge in [-0.15, -0.1) is 13.2 Å². The molecule has 0 heterocycles. The Labute approximate surface area is 114 Å². The highest BCUT2D eigenvalue weighted by atomic mass is 19.4. The number of amides is 1. The lowest BCUT2D eigenvalue weighted by atomic mass is 9.93. The van der Waals surface area contributed by atoms with Gasteiger partial charge in [-0.25, -0.2) is 0 Å². The standard InChI is InChI=1S/C14H14F3NO2/c15-14(16,17)20-12-9-5-4-8-11(12)18-13(19)10-6-2-1-3-7-10/h1-2,4-5,8-10H,3,6-7H2,(H,18,19)/t10-/m0/s1. The number of hydrogen-bond donors (Lipinski definition) is 1. The van der Waals surface area contributed by atoms with Crippen molar-refractivity contribution in [3.63, 3.8) is 0 Å². The summed E-state index contributed by atoms with van der Waals surface area (Å²) in [5.41, 5.74) is 0.0318. The number of allylic oxidation sites excluding steroid dienone is 2. The van der Waals surface area contributed by atoms with E-state index in [0.717, 1.165) is 6.42 Å². The molecule has 6 heteroatoms. The predicted octanol–water partition coefficient (Wildman–Crippen LogP) is 3.88. The fraction of sp³-hybridized carbons (Fsp3) is 0.357. The Morgan fingerprint density at radius 2 is 2.00 bits per heavy atom. The molecule has 0 saturated carbocycles. The molecule has 1 N–H and O–H groups in total. The van der Waals surface area contributed by atoms with Gasteiger partial charge in [0.15, 0.2) is 5.75 Å². The number of carbonyl (C=O) groups is 1. The second-order valence-electron chi connectivity index (χ2n) is 4.51. The van der Waals surface area contributed by atoms with Gasteiger partial charge in [0.1, 0.15) is 0 Å². The van der Waals surface area contributed by atoms with Gasteiger partial charge < -0.3 is 10.1 Å². The van der Waals surface area contributed by atoms with Crippen molar-refractivity contribution >= 4 is 11.6 Å². The zero-order valence-corrected chi connectivity index (χ0v) is 10.6. The molecule has 1 aromatic carbocycles. The molecular formula is C14H14F3NO2. The molecule has 0 aromatic heterocycles. The summed E-state index contributed by atoms with van der Waals surface area (Å²) >= 11 is 0. The Morgan fingerprint density at radius 3 is 2.65 bits per heavy atom. The third-order valence-electron chi connectivity index (χ3n) is 3.01. The van der Waals surface area contributed by atoms with E-state index < -0.39 is 12.1 Å². The van der Waals surface area contributed by atoms with Crippen molar-refractivity contribution in [3.8, 4) is 5.75 Å². The number of para-hydroxylation sites is 2. The molecule has 0 fully saturated rings. The van der Waals surface area contributed by atoms with Crippen LogP contribution in [0.4, 0.5) is 18.9 Å². The molecule has 20 heavy (non-hydrogen) atoms. The van der Waals surface area contributed by atoms with E-state index in [2.05, 4.69) is 10.1 Å². The van der Waals surface area contributed by atoms with Crippen LogP contribution < -0.4 is 10.1 Å². The van der Waals surface area contributed by atoms with Crippen molar-refractivity contribution in [2.45, 2.75) is 25.6 Å². The van der Waals surface area contributed by atoms with Crippen LogP contribution in [0.25, 0.3) is 0 Å². The maximum Gasteiger partial charge on any atom is 0.573 e. The maximum absolute atomic E-state index is 12.3. The first kappa shape index (κ1) is 14.4. The number of alkyl halides is 3. The highest BCUT2D eigenvalue weighted by Crippen LogP contribution is 2.31. The summed E-state index contributed by atoms with van der Waals surface area (Å²) in [4.78, 5) is 12.0. The number of ether oxygens (including phenoxy) is 1. The quantitative estimate of drug-likeness (QED) is 0.856. The lowest BCUT2D eigenvalue weighted by molar-refractivity contribution is -0.274. The molecule has 0 saturated heterocycles. The third-order valence-corrected chi connectivity index (χ3v) is 3.01. The van der Waals surface area contributed by atoms with Crippen LogP contribution in [0.2, 0.25) is 0 Å². The Balaban J connectivity index is 2.08. The van der Waals surface area contributed by atoms with Crippen molar-refractivity contribution in [1.29, 1.82) is 0 Å². The fourth-order valence-corrected chi connectivity index (χ4v) is 2.05. The van der Waals surface area contributed by atoms with Crippen LogP contribution in [0, 0.1) is 5.92 Å². The van der Waals surface area contributed by atoms with Crippen LogP contribution in [0.15, 0.2) is 36.4 Å². The van der Waals surface area contributed by atoms with E-state index in [1.165, 1.54) is 18.2 Å². The molecule has 0 spiro atoms.